The molecule has 0 aliphatic rings. The van der Waals surface area contributed by atoms with E-state index in [1.165, 1.54) is 14.0 Å². The van der Waals surface area contributed by atoms with Crippen molar-refractivity contribution in [3.63, 3.8) is 0 Å². The highest BCUT2D eigenvalue weighted by molar-refractivity contribution is 5.78. The van der Waals surface area contributed by atoms with Crippen LogP contribution in [-0.4, -0.2) is 50.9 Å². The Morgan fingerprint density at radius 2 is 2.29 bits per heavy atom. The van der Waals surface area contributed by atoms with Crippen LogP contribution < -0.4 is 5.32 Å². The van der Waals surface area contributed by atoms with Gasteiger partial charge in [-0.3, -0.25) is 24.4 Å². The molecule has 1 amide bonds. The van der Waals surface area contributed by atoms with Crippen LogP contribution in [-0.2, 0) is 20.9 Å². The van der Waals surface area contributed by atoms with Gasteiger partial charge in [-0.1, -0.05) is 0 Å². The van der Waals surface area contributed by atoms with Gasteiger partial charge in [0, 0.05) is 7.11 Å². The first-order valence-corrected chi connectivity index (χ1v) is 5.94. The van der Waals surface area contributed by atoms with Crippen molar-refractivity contribution in [2.24, 2.45) is 0 Å². The van der Waals surface area contributed by atoms with Crippen molar-refractivity contribution < 1.29 is 24.4 Å². The minimum Gasteiger partial charge on any atom is -0.481 e. The van der Waals surface area contributed by atoms with Crippen LogP contribution in [0.5, 0.6) is 0 Å². The van der Waals surface area contributed by atoms with Crippen LogP contribution in [0.3, 0.4) is 0 Å². The van der Waals surface area contributed by atoms with Gasteiger partial charge in [0.05, 0.1) is 23.5 Å². The third-order valence-corrected chi connectivity index (χ3v) is 2.58. The summed E-state index contributed by atoms with van der Waals surface area (Å²) in [5.41, 5.74) is -1.30. The van der Waals surface area contributed by atoms with Gasteiger partial charge in [-0.2, -0.15) is 5.10 Å². The molecular formula is C11H16N4O6. The molecule has 0 spiro atoms. The molecule has 0 radical (unpaired) electrons. The van der Waals surface area contributed by atoms with E-state index in [1.807, 2.05) is 0 Å². The number of carboxylic acids is 1. The first-order valence-electron chi connectivity index (χ1n) is 5.94. The summed E-state index contributed by atoms with van der Waals surface area (Å²) >= 11 is 0. The maximum absolute atomic E-state index is 11.9. The second kappa shape index (κ2) is 6.79. The van der Waals surface area contributed by atoms with E-state index in [4.69, 9.17) is 9.84 Å². The summed E-state index contributed by atoms with van der Waals surface area (Å²) in [6.45, 7) is 1.30. The average molecular weight is 300 g/mol. The lowest BCUT2D eigenvalue weighted by Gasteiger charge is -2.28. The van der Waals surface area contributed by atoms with Gasteiger partial charge in [0.15, 0.2) is 0 Å². The number of carboxylic acid groups (broad SMARTS) is 1. The topological polar surface area (TPSA) is 137 Å². The summed E-state index contributed by atoms with van der Waals surface area (Å²) in [6.07, 6.45) is 1.83. The normalized spacial score (nSPS) is 13.4. The van der Waals surface area contributed by atoms with E-state index < -0.39 is 22.3 Å². The van der Waals surface area contributed by atoms with Crippen LogP contribution in [0.2, 0.25) is 0 Å². The molecule has 0 fully saturated rings. The number of nitro groups is 1. The van der Waals surface area contributed by atoms with E-state index in [1.54, 1.807) is 0 Å². The third kappa shape index (κ3) is 5.18. The SMILES string of the molecule is COCC(C)(CC(=O)O)NC(=O)Cn1cc([N+](=O)[O-])cn1. The number of nitrogens with zero attached hydrogens (tertiary/aromatic N) is 3. The summed E-state index contributed by atoms with van der Waals surface area (Å²) in [4.78, 5) is 32.6. The molecule has 1 heterocycles. The van der Waals surface area contributed by atoms with E-state index in [2.05, 4.69) is 10.4 Å². The van der Waals surface area contributed by atoms with Crippen LogP contribution in [0, 0.1) is 10.1 Å². The number of hydrogen-bond acceptors (Lipinski definition) is 6. The molecule has 0 saturated carbocycles. The standard InChI is InChI=1S/C11H16N4O6/c1-11(7-21-2,3-10(17)18)13-9(16)6-14-5-8(4-12-14)15(19)20/h4-5H,3,6-7H2,1-2H3,(H,13,16)(H,17,18). The number of aliphatic carboxylic acids is 1. The number of methoxy groups -OCH3 is 1. The monoisotopic (exact) mass is 300 g/mol. The molecule has 0 saturated heterocycles. The van der Waals surface area contributed by atoms with Gasteiger partial charge >= 0.3 is 11.7 Å². The summed E-state index contributed by atoms with van der Waals surface area (Å²) < 4.78 is 6.00. The van der Waals surface area contributed by atoms with Crippen molar-refractivity contribution in [3.8, 4) is 0 Å². The van der Waals surface area contributed by atoms with Crippen LogP contribution in [0.15, 0.2) is 12.4 Å². The Balaban J connectivity index is 2.68. The number of nitrogens with one attached hydrogen (secondary N) is 1. The fourth-order valence-corrected chi connectivity index (χ4v) is 1.84. The lowest BCUT2D eigenvalue weighted by atomic mass is 9.99. The van der Waals surface area contributed by atoms with Crippen molar-refractivity contribution in [1.29, 1.82) is 0 Å². The molecule has 21 heavy (non-hydrogen) atoms. The van der Waals surface area contributed by atoms with Crippen molar-refractivity contribution in [2.45, 2.75) is 25.4 Å². The summed E-state index contributed by atoms with van der Waals surface area (Å²) in [5, 5.41) is 25.6. The molecule has 0 bridgehead atoms. The zero-order chi connectivity index (χ0) is 16.0. The largest absolute Gasteiger partial charge is 0.481 e. The van der Waals surface area contributed by atoms with Crippen molar-refractivity contribution in [1.82, 2.24) is 15.1 Å². The van der Waals surface area contributed by atoms with Gasteiger partial charge in [-0.05, 0) is 6.92 Å². The fraction of sp³-hybridized carbons (Fsp3) is 0.545. The molecule has 10 heteroatoms. The second-order valence-corrected chi connectivity index (χ2v) is 4.77. The Labute approximate surface area is 119 Å². The number of rotatable bonds is 8. The van der Waals surface area contributed by atoms with Crippen LogP contribution in [0.4, 0.5) is 5.69 Å². The molecule has 0 aromatic carbocycles. The zero-order valence-electron chi connectivity index (χ0n) is 11.6. The molecule has 1 aromatic rings. The zero-order valence-corrected chi connectivity index (χ0v) is 11.6. The molecule has 0 aliphatic heterocycles. The molecule has 1 unspecified atom stereocenters. The summed E-state index contributed by atoms with van der Waals surface area (Å²) in [6, 6.07) is 0. The predicted molar refractivity (Wildman–Crippen MR) is 69.6 cm³/mol. The van der Waals surface area contributed by atoms with Crippen molar-refractivity contribution in [2.75, 3.05) is 13.7 Å². The minimum absolute atomic E-state index is 0.0181. The smallest absolute Gasteiger partial charge is 0.307 e. The van der Waals surface area contributed by atoms with Crippen molar-refractivity contribution >= 4 is 17.6 Å². The third-order valence-electron chi connectivity index (χ3n) is 2.58. The highest BCUT2D eigenvalue weighted by Crippen LogP contribution is 2.11. The maximum Gasteiger partial charge on any atom is 0.307 e. The van der Waals surface area contributed by atoms with Crippen LogP contribution in [0.1, 0.15) is 13.3 Å². The summed E-state index contributed by atoms with van der Waals surface area (Å²) in [7, 11) is 1.39. The number of ether oxygens (including phenoxy) is 1. The number of amides is 1. The quantitative estimate of drug-likeness (QED) is 0.500. The predicted octanol–water partition coefficient (Wildman–Crippen LogP) is -0.213. The Kier molecular flexibility index (Phi) is 5.36. The molecule has 1 atom stereocenters. The lowest BCUT2D eigenvalue weighted by Crippen LogP contribution is -2.51. The first-order chi connectivity index (χ1) is 9.75. The van der Waals surface area contributed by atoms with Gasteiger partial charge in [0.2, 0.25) is 5.91 Å². The van der Waals surface area contributed by atoms with Crippen LogP contribution in [0.25, 0.3) is 0 Å². The number of hydrogen-bond donors (Lipinski definition) is 2. The summed E-state index contributed by atoms with van der Waals surface area (Å²) in [5.74, 6) is -1.60. The van der Waals surface area contributed by atoms with Gasteiger partial charge in [-0.15, -0.1) is 0 Å². The number of carbonyl (C=O) groups excluding carboxylic acids is 1. The molecule has 10 nitrogen and oxygen atoms in total. The van der Waals surface area contributed by atoms with E-state index in [9.17, 15) is 19.7 Å². The van der Waals surface area contributed by atoms with Crippen LogP contribution >= 0.6 is 0 Å². The molecule has 0 aliphatic carbocycles. The van der Waals surface area contributed by atoms with Gasteiger partial charge in [-0.25, -0.2) is 0 Å². The lowest BCUT2D eigenvalue weighted by molar-refractivity contribution is -0.385. The van der Waals surface area contributed by atoms with Gasteiger partial charge in [0.1, 0.15) is 18.9 Å². The molecule has 1 rings (SSSR count). The highest BCUT2D eigenvalue weighted by atomic mass is 16.6. The molecular weight excluding hydrogens is 284 g/mol. The van der Waals surface area contributed by atoms with Gasteiger partial charge in [0.25, 0.3) is 0 Å². The number of carbonyl (C=O) groups is 2. The van der Waals surface area contributed by atoms with E-state index in [-0.39, 0.29) is 25.3 Å². The van der Waals surface area contributed by atoms with E-state index in [0.29, 0.717) is 0 Å². The van der Waals surface area contributed by atoms with E-state index >= 15 is 0 Å². The van der Waals surface area contributed by atoms with Crippen molar-refractivity contribution in [3.05, 3.63) is 22.5 Å². The maximum atomic E-state index is 11.9. The molecule has 2 N–H and O–H groups in total. The fourth-order valence-electron chi connectivity index (χ4n) is 1.84. The Bertz CT molecular complexity index is 543. The Morgan fingerprint density at radius 1 is 1.62 bits per heavy atom. The molecule has 1 aromatic heterocycles. The highest BCUT2D eigenvalue weighted by Gasteiger charge is 2.29. The van der Waals surface area contributed by atoms with Gasteiger partial charge < -0.3 is 15.2 Å². The second-order valence-electron chi connectivity index (χ2n) is 4.77. The molecule has 116 valence electrons. The minimum atomic E-state index is -1.08. The Morgan fingerprint density at radius 3 is 2.76 bits per heavy atom. The average Bonchev–Trinajstić information content (AvgIpc) is 2.75. The Hall–Kier alpha value is -2.49. The van der Waals surface area contributed by atoms with E-state index in [0.717, 1.165) is 17.1 Å². The first kappa shape index (κ1) is 16.6. The number of aromatic nitrogens is 2.